The molecule has 174 valence electrons. The largest absolute Gasteiger partial charge is 0.378 e. The average molecular weight is 496 g/mol. The fourth-order valence-corrected chi connectivity index (χ4v) is 4.35. The van der Waals surface area contributed by atoms with Crippen LogP contribution in [-0.4, -0.2) is 26.4 Å². The molecule has 0 saturated heterocycles. The van der Waals surface area contributed by atoms with E-state index in [4.69, 9.17) is 11.6 Å². The van der Waals surface area contributed by atoms with E-state index in [0.29, 0.717) is 28.2 Å². The molecule has 6 nitrogen and oxygen atoms in total. The molecule has 3 aromatic carbocycles. The number of thioether (sulfide) groups is 1. The van der Waals surface area contributed by atoms with Gasteiger partial charge in [-0.2, -0.15) is 0 Å². The molecule has 0 aliphatic rings. The van der Waals surface area contributed by atoms with Crippen molar-refractivity contribution in [2.24, 2.45) is 0 Å². The van der Waals surface area contributed by atoms with Crippen molar-refractivity contribution >= 4 is 40.6 Å². The first kappa shape index (κ1) is 23.8. The zero-order valence-electron chi connectivity index (χ0n) is 18.5. The first-order valence-electron chi connectivity index (χ1n) is 10.7. The quantitative estimate of drug-likeness (QED) is 0.280. The predicted octanol–water partition coefficient (Wildman–Crippen LogP) is 5.97. The predicted molar refractivity (Wildman–Crippen MR) is 135 cm³/mol. The van der Waals surface area contributed by atoms with Gasteiger partial charge in [0, 0.05) is 5.69 Å². The molecule has 1 aromatic heterocycles. The standard InChI is InChI=1S/C25H23ClFN5OS/c1-2-17-7-3-6-10-22(17)32-23(15-28-19-13-11-18(27)12-14-19)30-31-25(32)34-16-24(33)29-21-9-5-4-8-20(21)26/h3-14,28H,2,15-16H2,1H3,(H,29,33). The Hall–Kier alpha value is -3.36. The number of anilines is 2. The summed E-state index contributed by atoms with van der Waals surface area (Å²) in [6, 6.07) is 21.3. The summed E-state index contributed by atoms with van der Waals surface area (Å²) in [5, 5.41) is 15.9. The molecular formula is C25H23ClFN5OS. The highest BCUT2D eigenvalue weighted by Crippen LogP contribution is 2.26. The number of rotatable bonds is 9. The maximum Gasteiger partial charge on any atom is 0.234 e. The van der Waals surface area contributed by atoms with Crippen LogP contribution in [-0.2, 0) is 17.8 Å². The number of hydrogen-bond donors (Lipinski definition) is 2. The van der Waals surface area contributed by atoms with Gasteiger partial charge in [-0.05, 0) is 54.4 Å². The van der Waals surface area contributed by atoms with E-state index in [1.165, 1.54) is 23.9 Å². The van der Waals surface area contributed by atoms with Crippen molar-refractivity contribution in [1.82, 2.24) is 14.8 Å². The highest BCUT2D eigenvalue weighted by molar-refractivity contribution is 7.99. The Morgan fingerprint density at radius 2 is 1.76 bits per heavy atom. The van der Waals surface area contributed by atoms with Crippen LogP contribution >= 0.6 is 23.4 Å². The van der Waals surface area contributed by atoms with Gasteiger partial charge < -0.3 is 10.6 Å². The third kappa shape index (κ3) is 5.76. The van der Waals surface area contributed by atoms with Gasteiger partial charge in [0.25, 0.3) is 0 Å². The van der Waals surface area contributed by atoms with Gasteiger partial charge in [-0.15, -0.1) is 10.2 Å². The summed E-state index contributed by atoms with van der Waals surface area (Å²) in [5.74, 6) is 0.337. The van der Waals surface area contributed by atoms with Gasteiger partial charge in [0.15, 0.2) is 11.0 Å². The summed E-state index contributed by atoms with van der Waals surface area (Å²) < 4.78 is 15.2. The number of benzene rings is 3. The second-order valence-corrected chi connectivity index (χ2v) is 8.74. The first-order valence-corrected chi connectivity index (χ1v) is 12.1. The van der Waals surface area contributed by atoms with Crippen LogP contribution in [0.25, 0.3) is 5.69 Å². The van der Waals surface area contributed by atoms with E-state index in [2.05, 4.69) is 33.8 Å². The van der Waals surface area contributed by atoms with Gasteiger partial charge in [-0.1, -0.05) is 60.6 Å². The Kier molecular flexibility index (Phi) is 7.82. The van der Waals surface area contributed by atoms with Crippen LogP contribution in [0.4, 0.5) is 15.8 Å². The van der Waals surface area contributed by atoms with Gasteiger partial charge in [-0.3, -0.25) is 9.36 Å². The van der Waals surface area contributed by atoms with E-state index >= 15 is 0 Å². The maximum atomic E-state index is 13.2. The SMILES string of the molecule is CCc1ccccc1-n1c(CNc2ccc(F)cc2)nnc1SCC(=O)Nc1ccccc1Cl. The van der Waals surface area contributed by atoms with Crippen molar-refractivity contribution < 1.29 is 9.18 Å². The van der Waals surface area contributed by atoms with Crippen LogP contribution < -0.4 is 10.6 Å². The zero-order chi connectivity index (χ0) is 23.9. The van der Waals surface area contributed by atoms with E-state index in [1.807, 2.05) is 34.9 Å². The number of nitrogens with one attached hydrogen (secondary N) is 2. The molecule has 0 spiro atoms. The molecule has 1 amide bonds. The van der Waals surface area contributed by atoms with Crippen molar-refractivity contribution in [2.45, 2.75) is 25.0 Å². The van der Waals surface area contributed by atoms with Crippen LogP contribution in [0.1, 0.15) is 18.3 Å². The average Bonchev–Trinajstić information content (AvgIpc) is 3.26. The first-order chi connectivity index (χ1) is 16.5. The lowest BCUT2D eigenvalue weighted by Crippen LogP contribution is -2.15. The van der Waals surface area contributed by atoms with Crippen molar-refractivity contribution in [3.05, 3.63) is 95.0 Å². The highest BCUT2D eigenvalue weighted by Gasteiger charge is 2.18. The van der Waals surface area contributed by atoms with Crippen LogP contribution in [0.3, 0.4) is 0 Å². The molecule has 0 radical (unpaired) electrons. The summed E-state index contributed by atoms with van der Waals surface area (Å²) in [6.45, 7) is 2.46. The summed E-state index contributed by atoms with van der Waals surface area (Å²) in [5.41, 5.74) is 3.43. The Morgan fingerprint density at radius 1 is 1.03 bits per heavy atom. The molecule has 0 bridgehead atoms. The van der Waals surface area contributed by atoms with Crippen LogP contribution in [0, 0.1) is 5.82 Å². The molecule has 34 heavy (non-hydrogen) atoms. The molecule has 2 N–H and O–H groups in total. The van der Waals surface area contributed by atoms with Crippen molar-refractivity contribution in [3.63, 3.8) is 0 Å². The van der Waals surface area contributed by atoms with Gasteiger partial charge in [0.05, 0.1) is 28.7 Å². The second-order valence-electron chi connectivity index (χ2n) is 7.39. The van der Waals surface area contributed by atoms with E-state index in [9.17, 15) is 9.18 Å². The monoisotopic (exact) mass is 495 g/mol. The third-order valence-electron chi connectivity index (χ3n) is 5.09. The van der Waals surface area contributed by atoms with Crippen LogP contribution in [0.5, 0.6) is 0 Å². The molecule has 0 saturated carbocycles. The third-order valence-corrected chi connectivity index (χ3v) is 6.35. The van der Waals surface area contributed by atoms with E-state index < -0.39 is 0 Å². The fourth-order valence-electron chi connectivity index (χ4n) is 3.41. The summed E-state index contributed by atoms with van der Waals surface area (Å²) >= 11 is 7.44. The summed E-state index contributed by atoms with van der Waals surface area (Å²) in [4.78, 5) is 12.6. The molecule has 0 aliphatic carbocycles. The van der Waals surface area contributed by atoms with E-state index in [-0.39, 0.29) is 17.5 Å². The minimum atomic E-state index is -0.292. The molecule has 0 atom stereocenters. The van der Waals surface area contributed by atoms with Gasteiger partial charge in [-0.25, -0.2) is 4.39 Å². The second kappa shape index (κ2) is 11.2. The highest BCUT2D eigenvalue weighted by atomic mass is 35.5. The lowest BCUT2D eigenvalue weighted by Gasteiger charge is -2.14. The zero-order valence-corrected chi connectivity index (χ0v) is 20.0. The number of carbonyl (C=O) groups is 1. The summed E-state index contributed by atoms with van der Waals surface area (Å²) in [7, 11) is 0. The van der Waals surface area contributed by atoms with Crippen molar-refractivity contribution in [1.29, 1.82) is 0 Å². The molecule has 4 rings (SSSR count). The summed E-state index contributed by atoms with van der Waals surface area (Å²) in [6.07, 6.45) is 0.830. The molecule has 1 heterocycles. The van der Waals surface area contributed by atoms with Crippen molar-refractivity contribution in [2.75, 3.05) is 16.4 Å². The van der Waals surface area contributed by atoms with Crippen LogP contribution in [0.2, 0.25) is 5.02 Å². The minimum Gasteiger partial charge on any atom is -0.378 e. The Bertz CT molecular complexity index is 1280. The van der Waals surface area contributed by atoms with Crippen LogP contribution in [0.15, 0.2) is 78.0 Å². The lowest BCUT2D eigenvalue weighted by atomic mass is 10.1. The van der Waals surface area contributed by atoms with Gasteiger partial charge in [0.2, 0.25) is 5.91 Å². The number of halogens is 2. The molecule has 4 aromatic rings. The Labute approximate surface area is 206 Å². The maximum absolute atomic E-state index is 13.2. The number of carbonyl (C=O) groups excluding carboxylic acids is 1. The number of hydrogen-bond acceptors (Lipinski definition) is 5. The molecule has 0 fully saturated rings. The smallest absolute Gasteiger partial charge is 0.234 e. The topological polar surface area (TPSA) is 71.8 Å². The van der Waals surface area contributed by atoms with Crippen molar-refractivity contribution in [3.8, 4) is 5.69 Å². The number of nitrogens with zero attached hydrogens (tertiary/aromatic N) is 3. The minimum absolute atomic E-state index is 0.142. The molecular weight excluding hydrogens is 473 g/mol. The number of para-hydroxylation sites is 2. The number of amides is 1. The fraction of sp³-hybridized carbons (Fsp3) is 0.160. The Balaban J connectivity index is 1.56. The molecule has 9 heteroatoms. The van der Waals surface area contributed by atoms with E-state index in [1.54, 1.807) is 24.3 Å². The molecule has 0 aliphatic heterocycles. The number of aryl methyl sites for hydroxylation is 1. The van der Waals surface area contributed by atoms with E-state index in [0.717, 1.165) is 23.4 Å². The normalized spacial score (nSPS) is 10.8. The number of aromatic nitrogens is 3. The Morgan fingerprint density at radius 3 is 2.53 bits per heavy atom. The van der Waals surface area contributed by atoms with Gasteiger partial charge >= 0.3 is 0 Å². The molecule has 0 unspecified atom stereocenters. The van der Waals surface area contributed by atoms with Gasteiger partial charge in [0.1, 0.15) is 5.82 Å². The lowest BCUT2D eigenvalue weighted by molar-refractivity contribution is -0.113.